The van der Waals surface area contributed by atoms with Gasteiger partial charge in [-0.1, -0.05) is 187 Å². The molecule has 11 nitrogen and oxygen atoms in total. The van der Waals surface area contributed by atoms with Gasteiger partial charge < -0.3 is 50.5 Å². The van der Waals surface area contributed by atoms with Crippen LogP contribution < -0.4 is 5.32 Å². The van der Waals surface area contributed by atoms with E-state index in [9.17, 15) is 40.5 Å². The van der Waals surface area contributed by atoms with Gasteiger partial charge in [0.1, 0.15) is 36.6 Å². The number of aliphatic hydroxyl groups is 7. The Morgan fingerprint density at radius 1 is 0.574 bits per heavy atom. The Labute approximate surface area is 329 Å². The van der Waals surface area contributed by atoms with Crippen molar-refractivity contribution in [2.45, 2.75) is 255 Å². The lowest BCUT2D eigenvalue weighted by atomic mass is 9.98. The van der Waals surface area contributed by atoms with Gasteiger partial charge in [-0.15, -0.1) is 0 Å². The summed E-state index contributed by atoms with van der Waals surface area (Å²) in [4.78, 5) is 13.0. The number of nitrogens with one attached hydrogen (secondary N) is 1. The molecule has 0 saturated carbocycles. The number of amides is 1. The predicted molar refractivity (Wildman–Crippen MR) is 215 cm³/mol. The lowest BCUT2D eigenvalue weighted by molar-refractivity contribution is -0.303. The van der Waals surface area contributed by atoms with E-state index in [2.05, 4.69) is 19.2 Å². The standard InChI is InChI=1S/C43H85NO10/c1-3-5-7-9-11-13-15-17-18-19-21-23-25-27-29-31-36(47)42(52)44-34(33-53-43-41(51)40(50)39(49)37(32-45)54-43)38(48)35(46)30-28-26-24-22-20-16-14-12-10-8-6-4-2/h34-41,43,45-51H,3-33H2,1-2H3,(H,44,52). The zero-order chi connectivity index (χ0) is 39.8. The molecule has 9 unspecified atom stereocenters. The van der Waals surface area contributed by atoms with E-state index in [0.717, 1.165) is 38.5 Å². The van der Waals surface area contributed by atoms with Gasteiger partial charge in [-0.05, 0) is 12.8 Å². The summed E-state index contributed by atoms with van der Waals surface area (Å²) >= 11 is 0. The van der Waals surface area contributed by atoms with E-state index in [0.29, 0.717) is 19.3 Å². The van der Waals surface area contributed by atoms with Crippen LogP contribution in [-0.2, 0) is 14.3 Å². The molecule has 0 spiro atoms. The maximum Gasteiger partial charge on any atom is 0.249 e. The largest absolute Gasteiger partial charge is 0.394 e. The van der Waals surface area contributed by atoms with Crippen molar-refractivity contribution < 1.29 is 50.0 Å². The van der Waals surface area contributed by atoms with Crippen LogP contribution in [-0.4, -0.2) is 110 Å². The number of carbonyl (C=O) groups excluding carboxylic acids is 1. The van der Waals surface area contributed by atoms with Gasteiger partial charge in [-0.3, -0.25) is 4.79 Å². The number of hydrogen-bond donors (Lipinski definition) is 8. The molecule has 0 aromatic heterocycles. The van der Waals surface area contributed by atoms with Gasteiger partial charge in [0.25, 0.3) is 0 Å². The average Bonchev–Trinajstić information content (AvgIpc) is 3.17. The minimum absolute atomic E-state index is 0.266. The molecule has 322 valence electrons. The minimum atomic E-state index is -1.65. The van der Waals surface area contributed by atoms with Crippen LogP contribution in [0.15, 0.2) is 0 Å². The van der Waals surface area contributed by atoms with Crippen LogP contribution in [0.4, 0.5) is 0 Å². The van der Waals surface area contributed by atoms with E-state index in [-0.39, 0.29) is 6.42 Å². The number of unbranched alkanes of at least 4 members (excludes halogenated alkanes) is 25. The van der Waals surface area contributed by atoms with Crippen molar-refractivity contribution in [2.75, 3.05) is 13.2 Å². The van der Waals surface area contributed by atoms with Crippen LogP contribution in [0, 0.1) is 0 Å². The molecule has 54 heavy (non-hydrogen) atoms. The summed E-state index contributed by atoms with van der Waals surface area (Å²) in [5.41, 5.74) is 0. The molecule has 0 aromatic carbocycles. The predicted octanol–water partition coefficient (Wildman–Crippen LogP) is 6.72. The zero-order valence-electron chi connectivity index (χ0n) is 34.5. The molecule has 1 heterocycles. The summed E-state index contributed by atoms with van der Waals surface area (Å²) in [6.45, 7) is 3.43. The van der Waals surface area contributed by atoms with Crippen molar-refractivity contribution in [1.82, 2.24) is 5.32 Å². The zero-order valence-corrected chi connectivity index (χ0v) is 34.5. The molecular formula is C43H85NO10. The second kappa shape index (κ2) is 34.2. The van der Waals surface area contributed by atoms with Crippen LogP contribution in [0.5, 0.6) is 0 Å². The second-order valence-corrected chi connectivity index (χ2v) is 16.1. The Morgan fingerprint density at radius 2 is 0.963 bits per heavy atom. The summed E-state index contributed by atoms with van der Waals surface area (Å²) in [6, 6.07) is -1.16. The van der Waals surface area contributed by atoms with Crippen molar-refractivity contribution in [2.24, 2.45) is 0 Å². The van der Waals surface area contributed by atoms with Crippen molar-refractivity contribution in [3.05, 3.63) is 0 Å². The van der Waals surface area contributed by atoms with E-state index in [1.165, 1.54) is 122 Å². The Morgan fingerprint density at radius 3 is 1.37 bits per heavy atom. The van der Waals surface area contributed by atoms with Crippen molar-refractivity contribution in [3.63, 3.8) is 0 Å². The first-order valence-corrected chi connectivity index (χ1v) is 22.4. The third kappa shape index (κ3) is 24.0. The topological polar surface area (TPSA) is 189 Å². The maximum absolute atomic E-state index is 13.0. The van der Waals surface area contributed by atoms with E-state index in [1.807, 2.05) is 0 Å². The molecule has 0 radical (unpaired) electrons. The first-order valence-electron chi connectivity index (χ1n) is 22.4. The summed E-state index contributed by atoms with van der Waals surface area (Å²) in [7, 11) is 0. The molecule has 9 atom stereocenters. The van der Waals surface area contributed by atoms with Crippen LogP contribution >= 0.6 is 0 Å². The van der Waals surface area contributed by atoms with Gasteiger partial charge in [-0.25, -0.2) is 0 Å². The summed E-state index contributed by atoms with van der Waals surface area (Å²) in [6.07, 6.45) is 21.5. The lowest BCUT2D eigenvalue weighted by Gasteiger charge is -2.40. The van der Waals surface area contributed by atoms with Gasteiger partial charge in [0, 0.05) is 0 Å². The molecule has 1 rings (SSSR count). The van der Waals surface area contributed by atoms with Gasteiger partial charge >= 0.3 is 0 Å². The van der Waals surface area contributed by atoms with E-state index in [4.69, 9.17) is 9.47 Å². The highest BCUT2D eigenvalue weighted by molar-refractivity contribution is 5.80. The number of aliphatic hydroxyl groups excluding tert-OH is 7. The highest BCUT2D eigenvalue weighted by Gasteiger charge is 2.44. The molecule has 1 fully saturated rings. The highest BCUT2D eigenvalue weighted by atomic mass is 16.7. The Hall–Kier alpha value is -0.890. The monoisotopic (exact) mass is 776 g/mol. The molecule has 11 heteroatoms. The van der Waals surface area contributed by atoms with Gasteiger partial charge in [0.15, 0.2) is 6.29 Å². The van der Waals surface area contributed by atoms with Crippen LogP contribution in [0.25, 0.3) is 0 Å². The summed E-state index contributed by atoms with van der Waals surface area (Å²) < 4.78 is 11.1. The Balaban J connectivity index is 2.47. The number of ether oxygens (including phenoxy) is 2. The molecular weight excluding hydrogens is 690 g/mol. The molecule has 1 aliphatic rings. The van der Waals surface area contributed by atoms with Crippen molar-refractivity contribution in [1.29, 1.82) is 0 Å². The Kier molecular flexibility index (Phi) is 32.4. The first kappa shape index (κ1) is 51.1. The summed E-state index contributed by atoms with van der Waals surface area (Å²) in [5, 5.41) is 75.5. The SMILES string of the molecule is CCCCCCCCCCCCCCCCCC(O)C(=O)NC(COC1OC(CO)C(O)C(O)C1O)C(O)C(O)CCCCCCCCCCCCCC. The van der Waals surface area contributed by atoms with E-state index in [1.54, 1.807) is 0 Å². The van der Waals surface area contributed by atoms with Crippen molar-refractivity contribution in [3.8, 4) is 0 Å². The minimum Gasteiger partial charge on any atom is -0.394 e. The highest BCUT2D eigenvalue weighted by Crippen LogP contribution is 2.23. The maximum atomic E-state index is 13.0. The first-order chi connectivity index (χ1) is 26.2. The lowest BCUT2D eigenvalue weighted by Crippen LogP contribution is -2.60. The van der Waals surface area contributed by atoms with Gasteiger partial charge in [-0.2, -0.15) is 0 Å². The summed E-state index contributed by atoms with van der Waals surface area (Å²) in [5.74, 6) is -0.695. The third-order valence-electron chi connectivity index (χ3n) is 11.2. The molecule has 1 amide bonds. The molecule has 1 aliphatic heterocycles. The number of hydrogen-bond acceptors (Lipinski definition) is 10. The fourth-order valence-electron chi connectivity index (χ4n) is 7.38. The van der Waals surface area contributed by atoms with Crippen LogP contribution in [0.2, 0.25) is 0 Å². The van der Waals surface area contributed by atoms with Gasteiger partial charge in [0.2, 0.25) is 5.91 Å². The fraction of sp³-hybridized carbons (Fsp3) is 0.977. The fourth-order valence-corrected chi connectivity index (χ4v) is 7.38. The van der Waals surface area contributed by atoms with E-state index >= 15 is 0 Å². The quantitative estimate of drug-likeness (QED) is 0.0315. The molecule has 0 bridgehead atoms. The molecule has 8 N–H and O–H groups in total. The molecule has 0 aliphatic carbocycles. The van der Waals surface area contributed by atoms with Crippen molar-refractivity contribution >= 4 is 5.91 Å². The third-order valence-corrected chi connectivity index (χ3v) is 11.2. The van der Waals surface area contributed by atoms with E-state index < -0.39 is 74.2 Å². The second-order valence-electron chi connectivity index (χ2n) is 16.1. The number of carbonyl (C=O) groups is 1. The smallest absolute Gasteiger partial charge is 0.249 e. The molecule has 0 aromatic rings. The average molecular weight is 776 g/mol. The van der Waals surface area contributed by atoms with Crippen LogP contribution in [0.1, 0.15) is 200 Å². The molecule has 1 saturated heterocycles. The number of rotatable bonds is 37. The van der Waals surface area contributed by atoms with Gasteiger partial charge in [0.05, 0.1) is 25.4 Å². The van der Waals surface area contributed by atoms with Crippen LogP contribution in [0.3, 0.4) is 0 Å². The normalized spacial score (nSPS) is 22.6. The Bertz CT molecular complexity index is 851.